The van der Waals surface area contributed by atoms with Gasteiger partial charge in [-0.3, -0.25) is 4.79 Å². The second kappa shape index (κ2) is 10.1. The summed E-state index contributed by atoms with van der Waals surface area (Å²) < 4.78 is 1.88. The van der Waals surface area contributed by atoms with Gasteiger partial charge in [-0.05, 0) is 24.3 Å². The molecule has 0 aliphatic heterocycles. The fourth-order valence-electron chi connectivity index (χ4n) is 3.11. The molecule has 4 aromatic rings. The Labute approximate surface area is 195 Å². The van der Waals surface area contributed by atoms with Crippen LogP contribution in [0.5, 0.6) is 0 Å². The van der Waals surface area contributed by atoms with Gasteiger partial charge in [-0.15, -0.1) is 11.8 Å². The Morgan fingerprint density at radius 3 is 2.23 bits per heavy atom. The number of amides is 1. The number of nitrogens with one attached hydrogen (secondary N) is 1. The third-order valence-electron chi connectivity index (χ3n) is 4.58. The molecule has 7 heteroatoms. The maximum absolute atomic E-state index is 12.4. The lowest BCUT2D eigenvalue weighted by Crippen LogP contribution is -2.14. The summed E-state index contributed by atoms with van der Waals surface area (Å²) in [7, 11) is 0. The minimum absolute atomic E-state index is 0.156. The standard InChI is InChI=1S/C24H19Cl2N3OS/c25-20-12-7-13-21(26)24(20)27-22(30)16-31-15-18-14-29(19-10-5-2-6-11-19)28-23(18)17-8-3-1-4-9-17/h1-14H,15-16H2,(H,27,30). The highest BCUT2D eigenvalue weighted by molar-refractivity contribution is 7.99. The Bertz CT molecular complexity index is 1160. The van der Waals surface area contributed by atoms with Crippen molar-refractivity contribution in [2.24, 2.45) is 0 Å². The molecule has 0 saturated heterocycles. The summed E-state index contributed by atoms with van der Waals surface area (Å²) in [6.07, 6.45) is 2.02. The Balaban J connectivity index is 1.48. The van der Waals surface area contributed by atoms with Crippen molar-refractivity contribution in [3.63, 3.8) is 0 Å². The largest absolute Gasteiger partial charge is 0.323 e. The minimum atomic E-state index is -0.156. The number of hydrogen-bond acceptors (Lipinski definition) is 3. The SMILES string of the molecule is O=C(CSCc1cn(-c2ccccc2)nc1-c1ccccc1)Nc1c(Cl)cccc1Cl. The van der Waals surface area contributed by atoms with Crippen LogP contribution in [-0.2, 0) is 10.5 Å². The van der Waals surface area contributed by atoms with E-state index in [4.69, 9.17) is 28.3 Å². The van der Waals surface area contributed by atoms with E-state index in [-0.39, 0.29) is 11.7 Å². The summed E-state index contributed by atoms with van der Waals surface area (Å²) in [6, 6.07) is 25.2. The number of carbonyl (C=O) groups is 1. The highest BCUT2D eigenvalue weighted by atomic mass is 35.5. The highest BCUT2D eigenvalue weighted by Crippen LogP contribution is 2.30. The first-order valence-corrected chi connectivity index (χ1v) is 11.5. The monoisotopic (exact) mass is 467 g/mol. The second-order valence-corrected chi connectivity index (χ2v) is 8.59. The third-order valence-corrected chi connectivity index (χ3v) is 6.19. The first-order chi connectivity index (χ1) is 15.1. The van der Waals surface area contributed by atoms with Crippen molar-refractivity contribution in [3.8, 4) is 16.9 Å². The van der Waals surface area contributed by atoms with Crippen LogP contribution < -0.4 is 5.32 Å². The van der Waals surface area contributed by atoms with Gasteiger partial charge < -0.3 is 5.32 Å². The number of halogens is 2. The van der Waals surface area contributed by atoms with Crippen LogP contribution in [0.2, 0.25) is 10.0 Å². The Morgan fingerprint density at radius 2 is 1.55 bits per heavy atom. The topological polar surface area (TPSA) is 46.9 Å². The van der Waals surface area contributed by atoms with Crippen molar-refractivity contribution in [1.29, 1.82) is 0 Å². The van der Waals surface area contributed by atoms with E-state index in [1.165, 1.54) is 11.8 Å². The van der Waals surface area contributed by atoms with Gasteiger partial charge in [0.15, 0.2) is 0 Å². The van der Waals surface area contributed by atoms with Crippen LogP contribution >= 0.6 is 35.0 Å². The lowest BCUT2D eigenvalue weighted by molar-refractivity contribution is -0.113. The van der Waals surface area contributed by atoms with Crippen LogP contribution in [0.15, 0.2) is 85.1 Å². The first kappa shape index (κ1) is 21.5. The highest BCUT2D eigenvalue weighted by Gasteiger charge is 2.14. The van der Waals surface area contributed by atoms with Crippen molar-refractivity contribution in [3.05, 3.63) is 101 Å². The van der Waals surface area contributed by atoms with E-state index in [1.54, 1.807) is 18.2 Å². The Kier molecular flexibility index (Phi) is 6.97. The number of rotatable bonds is 7. The molecule has 0 atom stereocenters. The maximum Gasteiger partial charge on any atom is 0.234 e. The predicted octanol–water partition coefficient (Wildman–Crippen LogP) is 6.72. The second-order valence-electron chi connectivity index (χ2n) is 6.79. The average molecular weight is 468 g/mol. The van der Waals surface area contributed by atoms with E-state index >= 15 is 0 Å². The zero-order chi connectivity index (χ0) is 21.6. The molecule has 1 heterocycles. The molecule has 3 aromatic carbocycles. The fraction of sp³-hybridized carbons (Fsp3) is 0.0833. The van der Waals surface area contributed by atoms with E-state index in [0.29, 0.717) is 21.5 Å². The lowest BCUT2D eigenvalue weighted by Gasteiger charge is -2.09. The molecule has 0 aliphatic rings. The molecule has 156 valence electrons. The number of thioether (sulfide) groups is 1. The molecule has 1 N–H and O–H groups in total. The number of nitrogens with zero attached hydrogens (tertiary/aromatic N) is 2. The van der Waals surface area contributed by atoms with Gasteiger partial charge in [0, 0.05) is 23.1 Å². The van der Waals surface area contributed by atoms with Crippen LogP contribution in [0.25, 0.3) is 16.9 Å². The van der Waals surface area contributed by atoms with E-state index < -0.39 is 0 Å². The molecule has 0 unspecified atom stereocenters. The van der Waals surface area contributed by atoms with Crippen LogP contribution in [-0.4, -0.2) is 21.4 Å². The van der Waals surface area contributed by atoms with Crippen LogP contribution in [0.4, 0.5) is 5.69 Å². The third kappa shape index (κ3) is 5.31. The van der Waals surface area contributed by atoms with Gasteiger partial charge >= 0.3 is 0 Å². The van der Waals surface area contributed by atoms with Gasteiger partial charge in [0.05, 0.1) is 32.9 Å². The predicted molar refractivity (Wildman–Crippen MR) is 130 cm³/mol. The van der Waals surface area contributed by atoms with Gasteiger partial charge in [-0.25, -0.2) is 4.68 Å². The Morgan fingerprint density at radius 1 is 0.903 bits per heavy atom. The van der Waals surface area contributed by atoms with Gasteiger partial charge in [0.2, 0.25) is 5.91 Å². The molecule has 0 radical (unpaired) electrons. The molecule has 0 bridgehead atoms. The van der Waals surface area contributed by atoms with Gasteiger partial charge in [0.25, 0.3) is 0 Å². The van der Waals surface area contributed by atoms with Crippen molar-refractivity contribution < 1.29 is 4.79 Å². The van der Waals surface area contributed by atoms with Crippen molar-refractivity contribution in [2.75, 3.05) is 11.1 Å². The van der Waals surface area contributed by atoms with Gasteiger partial charge in [0.1, 0.15) is 0 Å². The molecule has 4 nitrogen and oxygen atoms in total. The number of aromatic nitrogens is 2. The molecule has 0 aliphatic carbocycles. The van der Waals surface area contributed by atoms with E-state index in [1.807, 2.05) is 71.5 Å². The summed E-state index contributed by atoms with van der Waals surface area (Å²) in [5.74, 6) is 0.754. The lowest BCUT2D eigenvalue weighted by atomic mass is 10.1. The molecule has 4 rings (SSSR count). The molecular formula is C24H19Cl2N3OS. The molecule has 31 heavy (non-hydrogen) atoms. The van der Waals surface area contributed by atoms with E-state index in [0.717, 1.165) is 22.5 Å². The van der Waals surface area contributed by atoms with Crippen LogP contribution in [0.3, 0.4) is 0 Å². The van der Waals surface area contributed by atoms with Gasteiger partial charge in [-0.1, -0.05) is 77.8 Å². The van der Waals surface area contributed by atoms with Crippen LogP contribution in [0, 0.1) is 0 Å². The van der Waals surface area contributed by atoms with Crippen molar-refractivity contribution >= 4 is 46.6 Å². The summed E-state index contributed by atoms with van der Waals surface area (Å²) in [6.45, 7) is 0. The normalized spacial score (nSPS) is 10.8. The summed E-state index contributed by atoms with van der Waals surface area (Å²) in [5, 5.41) is 8.44. The minimum Gasteiger partial charge on any atom is -0.323 e. The average Bonchev–Trinajstić information content (AvgIpc) is 3.22. The zero-order valence-electron chi connectivity index (χ0n) is 16.5. The van der Waals surface area contributed by atoms with E-state index in [2.05, 4.69) is 5.32 Å². The summed E-state index contributed by atoms with van der Waals surface area (Å²) in [4.78, 5) is 12.4. The van der Waals surface area contributed by atoms with Crippen molar-refractivity contribution in [1.82, 2.24) is 9.78 Å². The van der Waals surface area contributed by atoms with Crippen LogP contribution in [0.1, 0.15) is 5.56 Å². The van der Waals surface area contributed by atoms with Gasteiger partial charge in [-0.2, -0.15) is 5.10 Å². The molecule has 0 saturated carbocycles. The molecular weight excluding hydrogens is 449 g/mol. The quantitative estimate of drug-likeness (QED) is 0.328. The molecule has 1 amide bonds. The van der Waals surface area contributed by atoms with Crippen molar-refractivity contribution in [2.45, 2.75) is 5.75 Å². The first-order valence-electron chi connectivity index (χ1n) is 9.63. The Hall–Kier alpha value is -2.73. The number of para-hydroxylation sites is 2. The number of hydrogen-bond donors (Lipinski definition) is 1. The smallest absolute Gasteiger partial charge is 0.234 e. The number of carbonyl (C=O) groups excluding carboxylic acids is 1. The maximum atomic E-state index is 12.4. The molecule has 0 fully saturated rings. The fourth-order valence-corrected chi connectivity index (χ4v) is 4.40. The number of anilines is 1. The molecule has 0 spiro atoms. The summed E-state index contributed by atoms with van der Waals surface area (Å²) in [5.41, 5.74) is 4.44. The number of benzene rings is 3. The summed E-state index contributed by atoms with van der Waals surface area (Å²) >= 11 is 13.8. The zero-order valence-corrected chi connectivity index (χ0v) is 18.8. The molecule has 1 aromatic heterocycles. The van der Waals surface area contributed by atoms with E-state index in [9.17, 15) is 4.79 Å².